The van der Waals surface area contributed by atoms with Gasteiger partial charge < -0.3 is 5.32 Å². The van der Waals surface area contributed by atoms with Crippen molar-refractivity contribution in [3.8, 4) is 17.3 Å². The van der Waals surface area contributed by atoms with E-state index >= 15 is 0 Å². The Balaban J connectivity index is 1.40. The van der Waals surface area contributed by atoms with Gasteiger partial charge in [0.25, 0.3) is 0 Å². The van der Waals surface area contributed by atoms with Crippen LogP contribution in [0.15, 0.2) is 48.8 Å². The van der Waals surface area contributed by atoms with Crippen LogP contribution in [0, 0.1) is 23.1 Å². The smallest absolute Gasteiger partial charge is 0.226 e. The maximum atomic E-state index is 14.4. The van der Waals surface area contributed by atoms with Gasteiger partial charge in [-0.1, -0.05) is 17.7 Å². The van der Waals surface area contributed by atoms with Crippen molar-refractivity contribution in [3.63, 3.8) is 0 Å². The van der Waals surface area contributed by atoms with Crippen molar-refractivity contribution in [3.05, 3.63) is 76.8 Å². The van der Waals surface area contributed by atoms with Gasteiger partial charge in [-0.15, -0.1) is 0 Å². The Morgan fingerprint density at radius 1 is 1.28 bits per heavy atom. The summed E-state index contributed by atoms with van der Waals surface area (Å²) in [6, 6.07) is 10.9. The van der Waals surface area contributed by atoms with Gasteiger partial charge in [0.15, 0.2) is 0 Å². The highest BCUT2D eigenvalue weighted by Gasteiger charge is 2.17. The third-order valence-electron chi connectivity index (χ3n) is 4.82. The van der Waals surface area contributed by atoms with Crippen LogP contribution in [0.25, 0.3) is 16.9 Å². The molecule has 162 valence electrons. The molecule has 0 saturated heterocycles. The number of benzene rings is 1. The van der Waals surface area contributed by atoms with Crippen molar-refractivity contribution < 1.29 is 13.6 Å². The molecule has 0 saturated carbocycles. The lowest BCUT2D eigenvalue weighted by molar-refractivity contribution is -0.121. The topological polar surface area (TPSA) is 88.0 Å². The maximum Gasteiger partial charge on any atom is 0.226 e. The number of nitriles is 1. The molecule has 1 amide bonds. The largest absolute Gasteiger partial charge is 0.351 e. The van der Waals surface area contributed by atoms with Crippen molar-refractivity contribution in [2.75, 3.05) is 0 Å². The van der Waals surface area contributed by atoms with Crippen LogP contribution in [-0.4, -0.2) is 31.1 Å². The molecule has 0 aliphatic heterocycles. The Morgan fingerprint density at radius 3 is 2.81 bits per heavy atom. The van der Waals surface area contributed by atoms with Crippen LogP contribution in [0.3, 0.4) is 0 Å². The molecule has 0 bridgehead atoms. The quantitative estimate of drug-likeness (QED) is 0.480. The fourth-order valence-electron chi connectivity index (χ4n) is 3.38. The molecule has 4 aromatic rings. The zero-order valence-corrected chi connectivity index (χ0v) is 17.6. The van der Waals surface area contributed by atoms with Gasteiger partial charge in [0.1, 0.15) is 28.8 Å². The molecule has 1 N–H and O–H groups in total. The normalized spacial score (nSPS) is 12.0. The molecule has 4 rings (SSSR count). The van der Waals surface area contributed by atoms with Crippen molar-refractivity contribution in [2.45, 2.75) is 25.9 Å². The number of imidazole rings is 1. The van der Waals surface area contributed by atoms with Crippen molar-refractivity contribution >= 4 is 23.2 Å². The second-order valence-corrected chi connectivity index (χ2v) is 7.68. The second kappa shape index (κ2) is 8.77. The van der Waals surface area contributed by atoms with Crippen LogP contribution in [-0.2, 0) is 17.8 Å². The Labute approximate surface area is 186 Å². The summed E-state index contributed by atoms with van der Waals surface area (Å²) in [6.45, 7) is 2.13. The highest BCUT2D eigenvalue weighted by molar-refractivity contribution is 6.32. The lowest BCUT2D eigenvalue weighted by Crippen LogP contribution is -2.37. The summed E-state index contributed by atoms with van der Waals surface area (Å²) >= 11 is 5.96. The van der Waals surface area contributed by atoms with Gasteiger partial charge in [0, 0.05) is 24.0 Å². The summed E-state index contributed by atoms with van der Waals surface area (Å²) in [7, 11) is 0. The van der Waals surface area contributed by atoms with E-state index in [9.17, 15) is 13.6 Å². The molecule has 0 spiro atoms. The molecule has 1 atom stereocenters. The molecule has 0 aliphatic rings. The van der Waals surface area contributed by atoms with E-state index in [1.165, 1.54) is 16.5 Å². The minimum atomic E-state index is -0.718. The number of amides is 1. The average Bonchev–Trinajstić information content (AvgIpc) is 3.32. The molecule has 10 heteroatoms. The van der Waals surface area contributed by atoms with E-state index in [0.29, 0.717) is 23.4 Å². The first-order valence-corrected chi connectivity index (χ1v) is 10.1. The minimum Gasteiger partial charge on any atom is -0.351 e. The lowest BCUT2D eigenvalue weighted by atomic mass is 10.1. The first kappa shape index (κ1) is 21.5. The molecule has 0 radical (unpaired) electrons. The van der Waals surface area contributed by atoms with E-state index in [2.05, 4.69) is 15.4 Å². The molecule has 0 unspecified atom stereocenters. The fraction of sp³-hybridized carbons (Fsp3) is 0.182. The SMILES string of the molecule is C[C@@H](Cn1ccc(-c2cc(F)c(C#N)c(Cl)c2)n1)NC(=O)Cc1nc2ccccn2c1F. The Kier molecular flexibility index (Phi) is 5.88. The third-order valence-corrected chi connectivity index (χ3v) is 5.12. The first-order chi connectivity index (χ1) is 15.4. The molecular formula is C22H17ClF2N6O. The van der Waals surface area contributed by atoms with Gasteiger partial charge in [-0.25, -0.2) is 9.37 Å². The number of halogens is 3. The maximum absolute atomic E-state index is 14.4. The standard InChI is InChI=1S/C22H17ClF2N6O/c1-13(27-21(32)10-19-22(25)31-6-3-2-4-20(31)28-19)12-30-7-5-18(29-30)14-8-16(23)15(11-26)17(24)9-14/h2-9,13H,10,12H2,1H3,(H,27,32)/t13-/m0/s1. The summed E-state index contributed by atoms with van der Waals surface area (Å²) in [5, 5.41) is 16.1. The van der Waals surface area contributed by atoms with Crippen molar-refractivity contribution in [2.24, 2.45) is 0 Å². The van der Waals surface area contributed by atoms with E-state index in [4.69, 9.17) is 16.9 Å². The summed E-state index contributed by atoms with van der Waals surface area (Å²) in [5.74, 6) is -1.65. The molecule has 0 fully saturated rings. The van der Waals surface area contributed by atoms with E-state index in [0.717, 1.165) is 0 Å². The van der Waals surface area contributed by atoms with E-state index in [-0.39, 0.29) is 34.6 Å². The number of nitrogens with one attached hydrogen (secondary N) is 1. The van der Waals surface area contributed by atoms with Crippen molar-refractivity contribution in [1.29, 1.82) is 5.26 Å². The fourth-order valence-corrected chi connectivity index (χ4v) is 3.63. The predicted molar refractivity (Wildman–Crippen MR) is 114 cm³/mol. The highest BCUT2D eigenvalue weighted by atomic mass is 35.5. The average molecular weight is 455 g/mol. The molecule has 3 aromatic heterocycles. The number of fused-ring (bicyclic) bond motifs is 1. The van der Waals surface area contributed by atoms with Gasteiger partial charge in [-0.3, -0.25) is 13.9 Å². The molecule has 7 nitrogen and oxygen atoms in total. The van der Waals surface area contributed by atoms with Gasteiger partial charge in [0.05, 0.1) is 23.7 Å². The zero-order chi connectivity index (χ0) is 22.8. The monoisotopic (exact) mass is 454 g/mol. The second-order valence-electron chi connectivity index (χ2n) is 7.27. The Bertz CT molecular complexity index is 1330. The van der Waals surface area contributed by atoms with Gasteiger partial charge in [0.2, 0.25) is 11.9 Å². The predicted octanol–water partition coefficient (Wildman–Crippen LogP) is 3.75. The van der Waals surface area contributed by atoms with E-state index in [1.807, 2.05) is 0 Å². The minimum absolute atomic E-state index is 0.0110. The third kappa shape index (κ3) is 4.31. The summed E-state index contributed by atoms with van der Waals surface area (Å²) in [6.07, 6.45) is 3.04. The first-order valence-electron chi connectivity index (χ1n) is 9.69. The number of rotatable bonds is 6. The Morgan fingerprint density at radius 2 is 2.09 bits per heavy atom. The lowest BCUT2D eigenvalue weighted by Gasteiger charge is -2.13. The van der Waals surface area contributed by atoms with Crippen LogP contribution in [0.1, 0.15) is 18.2 Å². The van der Waals surface area contributed by atoms with Gasteiger partial charge in [-0.05, 0) is 37.3 Å². The van der Waals surface area contributed by atoms with E-state index < -0.39 is 11.8 Å². The summed E-state index contributed by atoms with van der Waals surface area (Å²) < 4.78 is 31.3. The van der Waals surface area contributed by atoms with Crippen LogP contribution < -0.4 is 5.32 Å². The van der Waals surface area contributed by atoms with Crippen LogP contribution in [0.2, 0.25) is 5.02 Å². The van der Waals surface area contributed by atoms with Gasteiger partial charge >= 0.3 is 0 Å². The van der Waals surface area contributed by atoms with Crippen LogP contribution >= 0.6 is 11.6 Å². The van der Waals surface area contributed by atoms with E-state index in [1.54, 1.807) is 54.3 Å². The number of nitrogens with zero attached hydrogens (tertiary/aromatic N) is 5. The number of pyridine rings is 1. The zero-order valence-electron chi connectivity index (χ0n) is 16.9. The van der Waals surface area contributed by atoms with Crippen LogP contribution in [0.5, 0.6) is 0 Å². The molecular weight excluding hydrogens is 438 g/mol. The summed E-state index contributed by atoms with van der Waals surface area (Å²) in [5.41, 5.74) is 1.20. The number of hydrogen-bond donors (Lipinski definition) is 1. The number of carbonyl (C=O) groups is 1. The van der Waals surface area contributed by atoms with Crippen LogP contribution in [0.4, 0.5) is 8.78 Å². The summed E-state index contributed by atoms with van der Waals surface area (Å²) in [4.78, 5) is 16.5. The molecule has 32 heavy (non-hydrogen) atoms. The molecule has 3 heterocycles. The highest BCUT2D eigenvalue weighted by Crippen LogP contribution is 2.26. The number of carbonyl (C=O) groups excluding carboxylic acids is 1. The van der Waals surface area contributed by atoms with Gasteiger partial charge in [-0.2, -0.15) is 14.8 Å². The Hall–Kier alpha value is -3.77. The molecule has 0 aliphatic carbocycles. The number of aromatic nitrogens is 4. The van der Waals surface area contributed by atoms with Crippen molar-refractivity contribution in [1.82, 2.24) is 24.5 Å². The molecule has 1 aromatic carbocycles. The number of hydrogen-bond acceptors (Lipinski definition) is 4.